The minimum absolute atomic E-state index is 0.107. The second kappa shape index (κ2) is 12.7. The minimum Gasteiger partial charge on any atom is -0.395 e. The van der Waals surface area contributed by atoms with Crippen molar-refractivity contribution in [1.29, 1.82) is 5.26 Å². The maximum atomic E-state index is 15.9. The number of aliphatic hydroxyl groups is 1. The van der Waals surface area contributed by atoms with Crippen molar-refractivity contribution in [3.63, 3.8) is 0 Å². The highest BCUT2D eigenvalue weighted by atomic mass is 35.5. The van der Waals surface area contributed by atoms with Crippen molar-refractivity contribution in [2.24, 2.45) is 11.1 Å². The number of hydrogen-bond acceptors (Lipinski definition) is 4. The molecule has 42 heavy (non-hydrogen) atoms. The van der Waals surface area contributed by atoms with E-state index in [0.717, 1.165) is 5.56 Å². The number of nitrogens with zero attached hydrogens (tertiary/aromatic N) is 2. The van der Waals surface area contributed by atoms with E-state index in [-0.39, 0.29) is 33.2 Å². The molecule has 0 bridgehead atoms. The number of rotatable bonds is 9. The summed E-state index contributed by atoms with van der Waals surface area (Å²) in [6, 6.07) is 17.0. The molecule has 0 radical (unpaired) electrons. The van der Waals surface area contributed by atoms with Gasteiger partial charge in [0.25, 0.3) is 0 Å². The van der Waals surface area contributed by atoms with Gasteiger partial charge < -0.3 is 10.8 Å². The van der Waals surface area contributed by atoms with Gasteiger partial charge in [0, 0.05) is 34.2 Å². The molecule has 1 amide bonds. The quantitative estimate of drug-likeness (QED) is 0.271. The van der Waals surface area contributed by atoms with Gasteiger partial charge >= 0.3 is 0 Å². The molecular weight excluding hydrogens is 579 g/mol. The molecule has 0 unspecified atom stereocenters. The number of carbonyl (C=O) groups excluding carboxylic acids is 1. The van der Waals surface area contributed by atoms with E-state index >= 15 is 8.78 Å². The molecule has 5 nitrogen and oxygen atoms in total. The van der Waals surface area contributed by atoms with Crippen molar-refractivity contribution in [2.45, 2.75) is 63.5 Å². The first-order valence-electron chi connectivity index (χ1n) is 13.9. The Kier molecular flexibility index (Phi) is 9.64. The first kappa shape index (κ1) is 31.9. The predicted molar refractivity (Wildman–Crippen MR) is 162 cm³/mol. The zero-order valence-corrected chi connectivity index (χ0v) is 25.4. The zero-order valence-electron chi connectivity index (χ0n) is 23.9. The molecule has 1 fully saturated rings. The van der Waals surface area contributed by atoms with Crippen LogP contribution in [-0.4, -0.2) is 41.1 Å². The Balaban J connectivity index is 1.86. The number of aliphatic hydroxyl groups excluding tert-OH is 1. The lowest BCUT2D eigenvalue weighted by Crippen LogP contribution is -2.47. The van der Waals surface area contributed by atoms with Crippen molar-refractivity contribution >= 4 is 29.1 Å². The van der Waals surface area contributed by atoms with E-state index in [4.69, 9.17) is 28.9 Å². The smallest absolute Gasteiger partial charge is 0.248 e. The second-order valence-corrected chi connectivity index (χ2v) is 13.0. The van der Waals surface area contributed by atoms with Crippen molar-refractivity contribution in [1.82, 2.24) is 4.90 Å². The molecule has 0 saturated carbocycles. The SMILES string of the molecule is CC(C)(C)C[C@@H]1N(CCCc2ccc(C(N)=O)cc2)[C@@H](CO)[C@H](c2cccc(Cl)c2F)[C@@]1(C#N)c1ccc(Cl)cc1F. The minimum atomic E-state index is -1.58. The van der Waals surface area contributed by atoms with Gasteiger partial charge in [-0.15, -0.1) is 0 Å². The van der Waals surface area contributed by atoms with Crippen molar-refractivity contribution in [3.8, 4) is 6.07 Å². The number of nitrogens with two attached hydrogens (primary N) is 1. The fraction of sp³-hybridized carbons (Fsp3) is 0.394. The highest BCUT2D eigenvalue weighted by Gasteiger charge is 2.62. The zero-order chi connectivity index (χ0) is 30.8. The van der Waals surface area contributed by atoms with E-state index in [9.17, 15) is 15.2 Å². The maximum Gasteiger partial charge on any atom is 0.248 e. The fourth-order valence-electron chi connectivity index (χ4n) is 6.48. The molecule has 4 atom stereocenters. The standard InChI is InChI=1S/C33H35Cl2F2N3O2/c1-32(2,3)17-28-33(19-38,24-14-13-22(34)16-26(24)36)29(23-7-4-8-25(35)30(23)37)27(18-41)40(28)15-5-6-20-9-11-21(12-10-20)31(39)42/h4,7-14,16,27-29,41H,5-6,15,17-18H2,1-3H3,(H2,39,42)/t27-,28-,29-,33-/m0/s1. The molecule has 1 heterocycles. The van der Waals surface area contributed by atoms with Crippen LogP contribution in [-0.2, 0) is 11.8 Å². The number of aryl methyl sites for hydroxylation is 1. The summed E-state index contributed by atoms with van der Waals surface area (Å²) in [5.41, 5.74) is 5.14. The first-order valence-corrected chi connectivity index (χ1v) is 14.7. The van der Waals surface area contributed by atoms with Crippen LogP contribution in [0, 0.1) is 28.4 Å². The predicted octanol–water partition coefficient (Wildman–Crippen LogP) is 7.03. The van der Waals surface area contributed by atoms with Crippen molar-refractivity contribution in [2.75, 3.05) is 13.2 Å². The van der Waals surface area contributed by atoms with Crippen LogP contribution in [0.2, 0.25) is 10.0 Å². The molecule has 9 heteroatoms. The van der Waals surface area contributed by atoms with E-state index in [1.807, 2.05) is 37.8 Å². The number of amides is 1. The van der Waals surface area contributed by atoms with E-state index < -0.39 is 41.0 Å². The van der Waals surface area contributed by atoms with Crippen LogP contribution in [0.5, 0.6) is 0 Å². The summed E-state index contributed by atoms with van der Waals surface area (Å²) < 4.78 is 31.6. The summed E-state index contributed by atoms with van der Waals surface area (Å²) in [4.78, 5) is 13.5. The van der Waals surface area contributed by atoms with Gasteiger partial charge in [-0.1, -0.05) is 74.3 Å². The average Bonchev–Trinajstić information content (AvgIpc) is 3.18. The Labute approximate surface area is 255 Å². The molecule has 4 rings (SSSR count). The molecular formula is C33H35Cl2F2N3O2. The number of halogens is 4. The maximum absolute atomic E-state index is 15.9. The Bertz CT molecular complexity index is 1490. The second-order valence-electron chi connectivity index (χ2n) is 12.2. The van der Waals surface area contributed by atoms with Crippen LogP contribution in [0.25, 0.3) is 0 Å². The van der Waals surface area contributed by atoms with E-state index in [1.165, 1.54) is 24.3 Å². The number of primary amides is 1. The molecule has 3 aromatic rings. The molecule has 3 aromatic carbocycles. The van der Waals surface area contributed by atoms with Crippen molar-refractivity contribution < 1.29 is 18.7 Å². The fourth-order valence-corrected chi connectivity index (χ4v) is 6.82. The molecule has 222 valence electrons. The largest absolute Gasteiger partial charge is 0.395 e. The van der Waals surface area contributed by atoms with Gasteiger partial charge in [-0.25, -0.2) is 8.78 Å². The van der Waals surface area contributed by atoms with E-state index in [2.05, 4.69) is 6.07 Å². The summed E-state index contributed by atoms with van der Waals surface area (Å²) in [5, 5.41) is 22.0. The Morgan fingerprint density at radius 3 is 2.38 bits per heavy atom. The lowest BCUT2D eigenvalue weighted by Gasteiger charge is -2.39. The van der Waals surface area contributed by atoms with Crippen LogP contribution in [0.1, 0.15) is 66.6 Å². The molecule has 3 N–H and O–H groups in total. The third-order valence-electron chi connectivity index (χ3n) is 8.22. The third kappa shape index (κ3) is 6.18. The summed E-state index contributed by atoms with van der Waals surface area (Å²) in [6.45, 7) is 6.16. The van der Waals surface area contributed by atoms with Gasteiger partial charge in [0.1, 0.15) is 17.0 Å². The number of nitriles is 1. The van der Waals surface area contributed by atoms with Crippen LogP contribution in [0.3, 0.4) is 0 Å². The Morgan fingerprint density at radius 1 is 1.12 bits per heavy atom. The highest BCUT2D eigenvalue weighted by Crippen LogP contribution is 2.56. The molecule has 1 aliphatic rings. The lowest BCUT2D eigenvalue weighted by atomic mass is 9.62. The first-order chi connectivity index (χ1) is 19.8. The summed E-state index contributed by atoms with van der Waals surface area (Å²) >= 11 is 12.3. The number of likely N-dealkylation sites (tertiary alicyclic amines) is 1. The van der Waals surface area contributed by atoms with E-state index in [1.54, 1.807) is 24.3 Å². The normalized spacial score (nSPS) is 22.7. The van der Waals surface area contributed by atoms with Crippen molar-refractivity contribution in [3.05, 3.63) is 105 Å². The molecule has 1 aliphatic heterocycles. The molecule has 0 aromatic heterocycles. The van der Waals surface area contributed by atoms with Gasteiger partial charge in [0.2, 0.25) is 5.91 Å². The van der Waals surface area contributed by atoms with Gasteiger partial charge in [-0.2, -0.15) is 5.26 Å². The van der Waals surface area contributed by atoms with Gasteiger partial charge in [0.05, 0.1) is 17.7 Å². The van der Waals surface area contributed by atoms with Gasteiger partial charge in [-0.3, -0.25) is 9.69 Å². The number of hydrogen-bond donors (Lipinski definition) is 2. The summed E-state index contributed by atoms with van der Waals surface area (Å²) in [5.74, 6) is -2.80. The van der Waals surface area contributed by atoms with E-state index in [0.29, 0.717) is 31.4 Å². The molecule has 0 aliphatic carbocycles. The molecule has 0 spiro atoms. The Morgan fingerprint density at radius 2 is 1.81 bits per heavy atom. The Hall–Kier alpha value is -3.02. The lowest BCUT2D eigenvalue weighted by molar-refractivity contribution is 0.0981. The van der Waals surface area contributed by atoms with Crippen LogP contribution >= 0.6 is 23.2 Å². The number of carbonyl (C=O) groups is 1. The third-order valence-corrected chi connectivity index (χ3v) is 8.75. The highest BCUT2D eigenvalue weighted by molar-refractivity contribution is 6.31. The van der Waals surface area contributed by atoms with Gasteiger partial charge in [0.15, 0.2) is 0 Å². The summed E-state index contributed by atoms with van der Waals surface area (Å²) in [6.07, 6.45) is 1.73. The van der Waals surface area contributed by atoms with Gasteiger partial charge in [-0.05, 0) is 72.7 Å². The average molecular weight is 615 g/mol. The summed E-state index contributed by atoms with van der Waals surface area (Å²) in [7, 11) is 0. The molecule has 1 saturated heterocycles. The topological polar surface area (TPSA) is 90.3 Å². The number of benzene rings is 3. The van der Waals surface area contributed by atoms with Crippen LogP contribution in [0.15, 0.2) is 60.7 Å². The monoisotopic (exact) mass is 613 g/mol. The van der Waals surface area contributed by atoms with Crippen LogP contribution in [0.4, 0.5) is 8.78 Å². The van der Waals surface area contributed by atoms with Crippen LogP contribution < -0.4 is 5.73 Å².